The van der Waals surface area contributed by atoms with E-state index in [0.717, 1.165) is 115 Å². The van der Waals surface area contributed by atoms with E-state index in [9.17, 15) is 18.0 Å². The average molecular weight is 997 g/mol. The van der Waals surface area contributed by atoms with Crippen molar-refractivity contribution in [3.8, 4) is 34.3 Å². The van der Waals surface area contributed by atoms with Gasteiger partial charge in [-0.05, 0) is 88.8 Å². The van der Waals surface area contributed by atoms with Gasteiger partial charge in [0, 0.05) is 125 Å². The molecule has 72 heavy (non-hydrogen) atoms. The standard InChI is InChI=1S/C28H34N6O4S.C25H30N6O2/c1-18(20-14-26(35)29-16-20)38-28-27-25(30-17-34(27)22-6-7-22)15-24(31-28)19-2-4-21(5-3-19)32-10-12-33(13-11-32)39(36,37)23-8-9-23;1-16(18-12-23(32)27-14-18)33-25-24-22(28-15-31(24)20-6-7-20)13-21(29-25)17-2-4-19(5-3-17)30-10-8-26-9-11-30/h2-5,15,17-18,20,22-23H,6-14,16H2,1H3,(H,29,35);2-5,13,15-16,18,20,26H,6-12,14H2,1H3,(H,27,32)/t18-,20-;16-,18-/m11/s1. The molecule has 0 radical (unpaired) electrons. The number of benzene rings is 2. The Balaban J connectivity index is 0.000000149. The number of amides is 2. The van der Waals surface area contributed by atoms with Crippen LogP contribution in [0.1, 0.15) is 77.3 Å². The molecule has 378 valence electrons. The van der Waals surface area contributed by atoms with Gasteiger partial charge in [0.1, 0.15) is 23.2 Å². The summed E-state index contributed by atoms with van der Waals surface area (Å²) >= 11 is 0. The van der Waals surface area contributed by atoms with Crippen molar-refractivity contribution in [3.63, 3.8) is 0 Å². The number of ether oxygens (including phenoxy) is 2. The van der Waals surface area contributed by atoms with Gasteiger partial charge >= 0.3 is 0 Å². The molecule has 3 saturated carbocycles. The topological polar surface area (TPSA) is 194 Å². The smallest absolute Gasteiger partial charge is 0.241 e. The summed E-state index contributed by atoms with van der Waals surface area (Å²) in [4.78, 5) is 47.5. The quantitative estimate of drug-likeness (QED) is 0.121. The van der Waals surface area contributed by atoms with Gasteiger partial charge in [-0.15, -0.1) is 0 Å². The Morgan fingerprint density at radius 1 is 0.597 bits per heavy atom. The van der Waals surface area contributed by atoms with Gasteiger partial charge in [-0.25, -0.2) is 28.4 Å². The van der Waals surface area contributed by atoms with Gasteiger partial charge < -0.3 is 44.4 Å². The third-order valence-electron chi connectivity index (χ3n) is 15.6. The van der Waals surface area contributed by atoms with Crippen LogP contribution in [0.3, 0.4) is 0 Å². The number of nitrogens with zero attached hydrogens (tertiary/aromatic N) is 9. The van der Waals surface area contributed by atoms with E-state index in [1.54, 1.807) is 4.31 Å². The molecular formula is C53H64N12O6S. The predicted molar refractivity (Wildman–Crippen MR) is 276 cm³/mol. The minimum absolute atomic E-state index is 0.0661. The molecule has 2 aromatic carbocycles. The first-order valence-corrected chi connectivity index (χ1v) is 27.5. The van der Waals surface area contributed by atoms with Gasteiger partial charge in [0.2, 0.25) is 33.6 Å². The SMILES string of the molecule is C[C@@H](Oc1nc(-c2ccc(N3CCN(S(=O)(=O)C4CC4)CC3)cc2)cc2ncn(C3CC3)c12)[C@H]1CNC(=O)C1.C[C@@H](Oc1nc(-c2ccc(N3CCNCC3)cc2)cc2ncn(C3CC3)c12)[C@H]1CNC(=O)C1. The molecule has 7 aliphatic rings. The highest BCUT2D eigenvalue weighted by Crippen LogP contribution is 2.42. The van der Waals surface area contributed by atoms with Crippen LogP contribution >= 0.6 is 0 Å². The molecule has 13 rings (SSSR count). The molecule has 3 N–H and O–H groups in total. The number of hydrogen-bond acceptors (Lipinski definition) is 13. The van der Waals surface area contributed by atoms with Gasteiger partial charge in [0.15, 0.2) is 0 Å². The molecule has 0 spiro atoms. The van der Waals surface area contributed by atoms with Crippen molar-refractivity contribution in [2.75, 3.05) is 75.2 Å². The largest absolute Gasteiger partial charge is 0.473 e. The van der Waals surface area contributed by atoms with Gasteiger partial charge in [0.05, 0.1) is 40.3 Å². The second-order valence-corrected chi connectivity index (χ2v) is 23.0. The number of pyridine rings is 2. The summed E-state index contributed by atoms with van der Waals surface area (Å²) in [5.74, 6) is 1.59. The van der Waals surface area contributed by atoms with Crippen molar-refractivity contribution in [2.24, 2.45) is 11.8 Å². The van der Waals surface area contributed by atoms with E-state index in [0.29, 0.717) is 76.0 Å². The number of rotatable bonds is 14. The molecule has 7 fully saturated rings. The van der Waals surface area contributed by atoms with Crippen molar-refractivity contribution >= 4 is 55.3 Å². The summed E-state index contributed by atoms with van der Waals surface area (Å²) in [7, 11) is -3.12. The maximum absolute atomic E-state index is 12.6. The number of aromatic nitrogens is 6. The van der Waals surface area contributed by atoms with Gasteiger partial charge in [-0.3, -0.25) is 9.59 Å². The Morgan fingerprint density at radius 3 is 1.44 bits per heavy atom. The number of piperazine rings is 2. The number of anilines is 2. The molecular weight excluding hydrogens is 933 g/mol. The number of hydrogen-bond donors (Lipinski definition) is 3. The summed E-state index contributed by atoms with van der Waals surface area (Å²) in [6, 6.07) is 21.9. The van der Waals surface area contributed by atoms with E-state index >= 15 is 0 Å². The van der Waals surface area contributed by atoms with Crippen molar-refractivity contribution in [1.82, 2.24) is 49.3 Å². The molecule has 4 atom stereocenters. The molecule has 18 nitrogen and oxygen atoms in total. The summed E-state index contributed by atoms with van der Waals surface area (Å²) in [5.41, 5.74) is 9.61. The molecule has 6 aromatic rings. The molecule has 4 saturated heterocycles. The molecule has 8 heterocycles. The van der Waals surface area contributed by atoms with Crippen molar-refractivity contribution in [1.29, 1.82) is 0 Å². The monoisotopic (exact) mass is 996 g/mol. The van der Waals surface area contributed by atoms with E-state index < -0.39 is 10.0 Å². The van der Waals surface area contributed by atoms with Crippen LogP contribution in [-0.2, 0) is 19.6 Å². The third-order valence-corrected chi connectivity index (χ3v) is 18.0. The molecule has 19 heteroatoms. The molecule has 0 unspecified atom stereocenters. The first-order chi connectivity index (χ1) is 35.0. The highest BCUT2D eigenvalue weighted by molar-refractivity contribution is 7.90. The second kappa shape index (κ2) is 19.3. The number of fused-ring (bicyclic) bond motifs is 2. The van der Waals surface area contributed by atoms with Gasteiger partial charge in [0.25, 0.3) is 0 Å². The highest BCUT2D eigenvalue weighted by Gasteiger charge is 2.41. The Hall–Kier alpha value is -6.31. The fraction of sp³-hybridized carbons (Fsp3) is 0.509. The minimum atomic E-state index is -3.12. The average Bonchev–Trinajstić information content (AvgIpc) is 4.38. The Kier molecular flexibility index (Phi) is 12.5. The first kappa shape index (κ1) is 46.7. The van der Waals surface area contributed by atoms with E-state index in [4.69, 9.17) is 29.4 Å². The van der Waals surface area contributed by atoms with Crippen LogP contribution in [0.2, 0.25) is 0 Å². The molecule has 4 aromatic heterocycles. The summed E-state index contributed by atoms with van der Waals surface area (Å²) < 4.78 is 44.1. The number of imidazole rings is 2. The molecule has 0 bridgehead atoms. The number of sulfonamides is 1. The second-order valence-electron chi connectivity index (χ2n) is 20.8. The van der Waals surface area contributed by atoms with Crippen molar-refractivity contribution in [3.05, 3.63) is 73.3 Å². The van der Waals surface area contributed by atoms with Crippen molar-refractivity contribution < 1.29 is 27.5 Å². The fourth-order valence-electron chi connectivity index (χ4n) is 10.6. The van der Waals surface area contributed by atoms with Crippen LogP contribution in [0.15, 0.2) is 73.3 Å². The zero-order valence-corrected chi connectivity index (χ0v) is 41.9. The summed E-state index contributed by atoms with van der Waals surface area (Å²) in [6.45, 7) is 11.8. The summed E-state index contributed by atoms with van der Waals surface area (Å²) in [6.07, 6.45) is 10.7. The normalized spacial score (nSPS) is 22.6. The molecule has 2 amide bonds. The van der Waals surface area contributed by atoms with Crippen LogP contribution < -0.4 is 35.2 Å². The van der Waals surface area contributed by atoms with E-state index in [2.05, 4.69) is 89.5 Å². The van der Waals surface area contributed by atoms with E-state index in [1.807, 2.05) is 32.6 Å². The maximum Gasteiger partial charge on any atom is 0.241 e. The Morgan fingerprint density at radius 2 is 1.04 bits per heavy atom. The van der Waals surface area contributed by atoms with Crippen LogP contribution in [0.25, 0.3) is 44.6 Å². The van der Waals surface area contributed by atoms with Crippen LogP contribution in [0.5, 0.6) is 11.8 Å². The van der Waals surface area contributed by atoms with Crippen LogP contribution in [-0.4, -0.2) is 137 Å². The highest BCUT2D eigenvalue weighted by atomic mass is 32.2. The third kappa shape index (κ3) is 9.69. The molecule has 4 aliphatic heterocycles. The molecule has 3 aliphatic carbocycles. The van der Waals surface area contributed by atoms with Crippen LogP contribution in [0, 0.1) is 11.8 Å². The zero-order chi connectivity index (χ0) is 49.1. The minimum Gasteiger partial charge on any atom is -0.473 e. The van der Waals surface area contributed by atoms with Gasteiger partial charge in [-0.1, -0.05) is 24.3 Å². The lowest BCUT2D eigenvalue weighted by molar-refractivity contribution is -0.120. The lowest BCUT2D eigenvalue weighted by atomic mass is 10.0. The van der Waals surface area contributed by atoms with Crippen LogP contribution in [0.4, 0.5) is 11.4 Å². The predicted octanol–water partition coefficient (Wildman–Crippen LogP) is 5.70. The van der Waals surface area contributed by atoms with Crippen molar-refractivity contribution in [2.45, 2.75) is 94.8 Å². The maximum atomic E-state index is 12.6. The Bertz CT molecular complexity index is 3080. The Labute approximate surface area is 419 Å². The summed E-state index contributed by atoms with van der Waals surface area (Å²) in [5, 5.41) is 9.06. The number of carbonyl (C=O) groups is 2. The number of nitrogens with one attached hydrogen (secondary N) is 3. The lowest BCUT2D eigenvalue weighted by Gasteiger charge is -2.35. The first-order valence-electron chi connectivity index (χ1n) is 26.0. The fourth-order valence-corrected chi connectivity index (χ4v) is 12.4. The van der Waals surface area contributed by atoms with E-state index in [1.165, 1.54) is 5.69 Å². The number of carbonyl (C=O) groups excluding carboxylic acids is 2. The van der Waals surface area contributed by atoms with Gasteiger partial charge in [-0.2, -0.15) is 4.31 Å². The lowest BCUT2D eigenvalue weighted by Crippen LogP contribution is -2.49. The zero-order valence-electron chi connectivity index (χ0n) is 41.1. The van der Waals surface area contributed by atoms with E-state index in [-0.39, 0.29) is 41.1 Å².